The fraction of sp³-hybridized carbons (Fsp3) is 0.429. The molecule has 0 radical (unpaired) electrons. The lowest BCUT2D eigenvalue weighted by atomic mass is 10.1. The number of aromatic nitrogens is 1. The molecule has 1 saturated heterocycles. The normalized spacial score (nSPS) is 18.8. The maximum absolute atomic E-state index is 12.9. The van der Waals surface area contributed by atoms with Crippen molar-refractivity contribution in [3.8, 4) is 0 Å². The molecular formula is C14H18N6O12S4. The molecule has 0 bridgehead atoms. The van der Waals surface area contributed by atoms with Gasteiger partial charge in [-0.2, -0.15) is 21.1 Å². The van der Waals surface area contributed by atoms with Gasteiger partial charge in [0.25, 0.3) is 11.8 Å². The number of anilines is 1. The summed E-state index contributed by atoms with van der Waals surface area (Å²) in [5, 5.41) is 14.4. The molecule has 7 N–H and O–H groups in total. The van der Waals surface area contributed by atoms with Crippen molar-refractivity contribution in [1.82, 2.24) is 19.3 Å². The fourth-order valence-corrected chi connectivity index (χ4v) is 5.57. The number of amides is 3. The van der Waals surface area contributed by atoms with Crippen LogP contribution in [0, 0.1) is 0 Å². The van der Waals surface area contributed by atoms with E-state index in [0.717, 1.165) is 25.2 Å². The topological polar surface area (TPSA) is 285 Å². The fourth-order valence-electron chi connectivity index (χ4n) is 2.32. The molecule has 36 heavy (non-hydrogen) atoms. The van der Waals surface area contributed by atoms with Crippen LogP contribution in [0.5, 0.6) is 0 Å². The molecule has 1 aromatic rings. The Morgan fingerprint density at radius 3 is 2.39 bits per heavy atom. The van der Waals surface area contributed by atoms with Gasteiger partial charge in [0, 0.05) is 5.38 Å². The van der Waals surface area contributed by atoms with E-state index in [-0.39, 0.29) is 15.1 Å². The van der Waals surface area contributed by atoms with Crippen LogP contribution in [0.1, 0.15) is 19.5 Å². The molecule has 2 rings (SSSR count). The number of nitrogens with one attached hydrogen (secondary N) is 2. The van der Waals surface area contributed by atoms with Crippen LogP contribution >= 0.6 is 23.1 Å². The Morgan fingerprint density at radius 1 is 1.31 bits per heavy atom. The summed E-state index contributed by atoms with van der Waals surface area (Å²) in [5.41, 5.74) is 2.79. The molecule has 0 spiro atoms. The molecule has 3 amide bonds. The number of β-lactam (4-membered cyclic amide) rings is 1. The third-order valence-corrected chi connectivity index (χ3v) is 7.47. The first-order valence-corrected chi connectivity index (χ1v) is 13.8. The lowest BCUT2D eigenvalue weighted by molar-refractivity contribution is -0.161. The highest BCUT2D eigenvalue weighted by atomic mass is 32.2. The molecule has 1 fully saturated rings. The summed E-state index contributed by atoms with van der Waals surface area (Å²) in [5.74, 6) is -6.13. The van der Waals surface area contributed by atoms with E-state index in [1.807, 2.05) is 0 Å². The van der Waals surface area contributed by atoms with Crippen molar-refractivity contribution in [3.63, 3.8) is 0 Å². The zero-order valence-corrected chi connectivity index (χ0v) is 21.3. The summed E-state index contributed by atoms with van der Waals surface area (Å²) < 4.78 is 63.6. The Morgan fingerprint density at radius 2 is 1.92 bits per heavy atom. The quantitative estimate of drug-likeness (QED) is 0.0667. The molecule has 0 unspecified atom stereocenters. The average molecular weight is 591 g/mol. The van der Waals surface area contributed by atoms with Gasteiger partial charge >= 0.3 is 26.6 Å². The van der Waals surface area contributed by atoms with E-state index in [9.17, 15) is 40.6 Å². The van der Waals surface area contributed by atoms with Gasteiger partial charge in [0.05, 0.1) is 5.75 Å². The van der Waals surface area contributed by atoms with Crippen molar-refractivity contribution in [1.29, 1.82) is 0 Å². The first-order chi connectivity index (χ1) is 16.3. The Balaban J connectivity index is 2.30. The molecule has 18 nitrogen and oxygen atoms in total. The summed E-state index contributed by atoms with van der Waals surface area (Å²) in [6.07, 6.45) is 0. The largest absolute Gasteiger partial charge is 0.478 e. The van der Waals surface area contributed by atoms with Gasteiger partial charge in [0.2, 0.25) is 11.5 Å². The van der Waals surface area contributed by atoms with Gasteiger partial charge in [-0.3, -0.25) is 23.5 Å². The van der Waals surface area contributed by atoms with Crippen molar-refractivity contribution in [2.24, 2.45) is 5.16 Å². The summed E-state index contributed by atoms with van der Waals surface area (Å²) in [7, 11) is -10.1. The number of rotatable bonds is 11. The van der Waals surface area contributed by atoms with Crippen molar-refractivity contribution in [2.45, 2.75) is 30.9 Å². The highest BCUT2D eigenvalue weighted by Crippen LogP contribution is 2.32. The minimum absolute atomic E-state index is 0.0152. The number of oxime groups is 1. The first kappa shape index (κ1) is 29.2. The number of thiazole rings is 1. The number of carboxylic acid groups (broad SMARTS) is 1. The van der Waals surface area contributed by atoms with E-state index in [4.69, 9.17) is 20.2 Å². The molecule has 1 aliphatic heterocycles. The van der Waals surface area contributed by atoms with Gasteiger partial charge < -0.3 is 21.0 Å². The Hall–Kier alpha value is -3.05. The third-order valence-electron chi connectivity index (χ3n) is 4.02. The van der Waals surface area contributed by atoms with Crippen molar-refractivity contribution in [2.75, 3.05) is 11.5 Å². The highest BCUT2D eigenvalue weighted by Gasteiger charge is 2.55. The number of hydrogen-bond acceptors (Lipinski definition) is 14. The number of carboxylic acids is 1. The van der Waals surface area contributed by atoms with Crippen LogP contribution in [0.2, 0.25) is 0 Å². The van der Waals surface area contributed by atoms with E-state index in [1.165, 1.54) is 10.1 Å². The SMILES string of the molecule is CC(C)(ON=C(C(=O)N[C@@H]1C(=O)N(S(=O)(=O)O)[C@@H]1SCC(=O)NS(=O)(=O)O)c1csc(N)n1)C(=O)O. The summed E-state index contributed by atoms with van der Waals surface area (Å²) >= 11 is 1.19. The second-order valence-electron chi connectivity index (χ2n) is 7.18. The van der Waals surface area contributed by atoms with Crippen molar-refractivity contribution in [3.05, 3.63) is 11.1 Å². The van der Waals surface area contributed by atoms with Crippen LogP contribution in [0.15, 0.2) is 10.5 Å². The number of nitrogens with zero attached hydrogens (tertiary/aromatic N) is 3. The second-order valence-corrected chi connectivity index (χ2v) is 11.6. The average Bonchev–Trinajstić information content (AvgIpc) is 3.12. The number of nitrogens with two attached hydrogens (primary N) is 1. The van der Waals surface area contributed by atoms with E-state index in [2.05, 4.69) is 15.5 Å². The number of aliphatic carboxylic acids is 1. The van der Waals surface area contributed by atoms with Crippen LogP contribution in [0.25, 0.3) is 0 Å². The zero-order chi connectivity index (χ0) is 27.6. The maximum Gasteiger partial charge on any atom is 0.363 e. The van der Waals surface area contributed by atoms with Gasteiger partial charge in [-0.1, -0.05) is 5.16 Å². The standard InChI is InChI=1S/C14H18N6O12S4/c1-14(2,12(24)25)32-18-7(5-3-34-13(15)16-5)9(22)17-8-10(23)20(36(29,30)31)11(8)33-4-6(21)19-35(26,27)28/h3,8,11H,4H2,1-2H3,(H2,15,16)(H,17,22)(H,19,21)(H,24,25)(H,26,27,28)(H,29,30,31)/t8-,11-/m1/s1. The van der Waals surface area contributed by atoms with Crippen LogP contribution in [-0.2, 0) is 44.6 Å². The van der Waals surface area contributed by atoms with Crippen molar-refractivity contribution >= 4 is 78.2 Å². The van der Waals surface area contributed by atoms with E-state index in [1.54, 1.807) is 0 Å². The zero-order valence-electron chi connectivity index (χ0n) is 18.0. The summed E-state index contributed by atoms with van der Waals surface area (Å²) in [6.45, 7) is 2.24. The van der Waals surface area contributed by atoms with Gasteiger partial charge in [0.1, 0.15) is 17.1 Å². The third kappa shape index (κ3) is 7.23. The van der Waals surface area contributed by atoms with Crippen LogP contribution < -0.4 is 15.8 Å². The van der Waals surface area contributed by atoms with Gasteiger partial charge in [-0.05, 0) is 13.8 Å². The molecule has 1 aliphatic rings. The van der Waals surface area contributed by atoms with Gasteiger partial charge in [-0.25, -0.2) is 14.5 Å². The first-order valence-electron chi connectivity index (χ1n) is 9.05. The predicted octanol–water partition coefficient (Wildman–Crippen LogP) is -2.58. The minimum Gasteiger partial charge on any atom is -0.478 e. The summed E-state index contributed by atoms with van der Waals surface area (Å²) in [6, 6.07) is -1.70. The van der Waals surface area contributed by atoms with Crippen molar-refractivity contribution < 1.29 is 55.1 Å². The van der Waals surface area contributed by atoms with E-state index < -0.39 is 72.8 Å². The molecule has 2 heterocycles. The van der Waals surface area contributed by atoms with E-state index >= 15 is 0 Å². The smallest absolute Gasteiger partial charge is 0.363 e. The van der Waals surface area contributed by atoms with Crippen LogP contribution in [-0.4, -0.2) is 92.5 Å². The molecule has 0 aliphatic carbocycles. The molecule has 0 saturated carbocycles. The van der Waals surface area contributed by atoms with E-state index in [0.29, 0.717) is 11.8 Å². The Kier molecular flexibility index (Phi) is 8.52. The molecule has 1 aromatic heterocycles. The highest BCUT2D eigenvalue weighted by molar-refractivity contribution is 8.01. The second kappa shape index (κ2) is 10.5. The lowest BCUT2D eigenvalue weighted by Gasteiger charge is -2.43. The predicted molar refractivity (Wildman–Crippen MR) is 122 cm³/mol. The number of thioether (sulfide) groups is 1. The van der Waals surface area contributed by atoms with Gasteiger partial charge in [-0.15, -0.1) is 23.1 Å². The van der Waals surface area contributed by atoms with Gasteiger partial charge in [0.15, 0.2) is 10.8 Å². The molecule has 22 heteroatoms. The number of carbonyl (C=O) groups excluding carboxylic acids is 3. The molecular weight excluding hydrogens is 572 g/mol. The number of carbonyl (C=O) groups is 4. The summed E-state index contributed by atoms with van der Waals surface area (Å²) in [4.78, 5) is 56.8. The monoisotopic (exact) mass is 590 g/mol. The molecule has 200 valence electrons. The number of nitrogen functional groups attached to an aromatic ring is 1. The Bertz CT molecular complexity index is 1320. The van der Waals surface area contributed by atoms with Crippen LogP contribution in [0.3, 0.4) is 0 Å². The van der Waals surface area contributed by atoms with Crippen LogP contribution in [0.4, 0.5) is 5.13 Å². The molecule has 2 atom stereocenters. The lowest BCUT2D eigenvalue weighted by Crippen LogP contribution is -2.71. The Labute approximate surface area is 211 Å². The molecule has 0 aromatic carbocycles. The minimum atomic E-state index is -5.16. The maximum atomic E-state index is 12.9. The number of hydrogen-bond donors (Lipinski definition) is 6.